The number of nitrogens with zero attached hydrogens (tertiary/aromatic N) is 1. The van der Waals surface area contributed by atoms with Crippen molar-refractivity contribution in [2.75, 3.05) is 23.7 Å². The zero-order valence-corrected chi connectivity index (χ0v) is 18.5. The Morgan fingerprint density at radius 3 is 2.78 bits per heavy atom. The first-order chi connectivity index (χ1) is 15.1. The van der Waals surface area contributed by atoms with Crippen LogP contribution in [-0.2, 0) is 19.6 Å². The van der Waals surface area contributed by atoms with Crippen molar-refractivity contribution in [3.8, 4) is 5.75 Å². The van der Waals surface area contributed by atoms with Crippen molar-refractivity contribution < 1.29 is 27.1 Å². The molecule has 8 nitrogen and oxygen atoms in total. The van der Waals surface area contributed by atoms with Crippen LogP contribution < -0.4 is 15.4 Å². The number of anilines is 2. The van der Waals surface area contributed by atoms with Gasteiger partial charge in [0.05, 0.1) is 16.5 Å². The van der Waals surface area contributed by atoms with Gasteiger partial charge in [0.25, 0.3) is 5.91 Å². The van der Waals surface area contributed by atoms with Crippen LogP contribution in [0.5, 0.6) is 5.75 Å². The van der Waals surface area contributed by atoms with Gasteiger partial charge in [-0.05, 0) is 62.6 Å². The predicted molar refractivity (Wildman–Crippen MR) is 116 cm³/mol. The van der Waals surface area contributed by atoms with Gasteiger partial charge in [-0.2, -0.15) is 4.31 Å². The number of ether oxygens (including phenoxy) is 1. The van der Waals surface area contributed by atoms with Crippen molar-refractivity contribution in [1.82, 2.24) is 4.31 Å². The lowest BCUT2D eigenvalue weighted by molar-refractivity contribution is -0.123. The van der Waals surface area contributed by atoms with E-state index < -0.39 is 27.9 Å². The molecule has 0 spiro atoms. The fraction of sp³-hybridized carbons (Fsp3) is 0.364. The van der Waals surface area contributed by atoms with E-state index in [1.165, 1.54) is 28.6 Å². The third-order valence-electron chi connectivity index (χ3n) is 5.71. The molecule has 0 aliphatic carbocycles. The predicted octanol–water partition coefficient (Wildman–Crippen LogP) is 2.89. The lowest BCUT2D eigenvalue weighted by Gasteiger charge is -2.31. The maximum Gasteiger partial charge on any atom is 0.265 e. The summed E-state index contributed by atoms with van der Waals surface area (Å²) >= 11 is 0. The summed E-state index contributed by atoms with van der Waals surface area (Å²) in [4.78, 5) is 24.6. The van der Waals surface area contributed by atoms with Crippen LogP contribution >= 0.6 is 0 Å². The van der Waals surface area contributed by atoms with Gasteiger partial charge in [-0.25, -0.2) is 12.8 Å². The molecule has 2 aromatic carbocycles. The zero-order valence-electron chi connectivity index (χ0n) is 17.7. The largest absolute Gasteiger partial charge is 0.479 e. The third kappa shape index (κ3) is 4.33. The topological polar surface area (TPSA) is 105 Å². The maximum absolute atomic E-state index is 13.8. The summed E-state index contributed by atoms with van der Waals surface area (Å²) in [6, 6.07) is 8.73. The van der Waals surface area contributed by atoms with E-state index in [1.807, 2.05) is 0 Å². The van der Waals surface area contributed by atoms with Crippen molar-refractivity contribution in [3.05, 3.63) is 47.8 Å². The number of halogens is 1. The number of hydrogen-bond donors (Lipinski definition) is 2. The molecular formula is C22H24FN3O5S. The molecule has 0 unspecified atom stereocenters. The molecule has 1 saturated heterocycles. The van der Waals surface area contributed by atoms with E-state index in [0.717, 1.165) is 0 Å². The Morgan fingerprint density at radius 2 is 2.03 bits per heavy atom. The number of piperidine rings is 1. The molecule has 4 rings (SSSR count). The summed E-state index contributed by atoms with van der Waals surface area (Å²) in [6.45, 7) is 3.53. The highest BCUT2D eigenvalue weighted by atomic mass is 32.2. The summed E-state index contributed by atoms with van der Waals surface area (Å²) in [6.07, 6.45) is 0.383. The second kappa shape index (κ2) is 8.51. The van der Waals surface area contributed by atoms with E-state index in [-0.39, 0.29) is 29.8 Å². The van der Waals surface area contributed by atoms with E-state index in [9.17, 15) is 22.4 Å². The highest BCUT2D eigenvalue weighted by Gasteiger charge is 2.34. The first-order valence-corrected chi connectivity index (χ1v) is 11.8. The second-order valence-corrected chi connectivity index (χ2v) is 10.0. The average molecular weight is 462 g/mol. The quantitative estimate of drug-likeness (QED) is 0.729. The van der Waals surface area contributed by atoms with Crippen LogP contribution in [-0.4, -0.2) is 43.7 Å². The Morgan fingerprint density at radius 1 is 1.25 bits per heavy atom. The molecule has 2 atom stereocenters. The summed E-state index contributed by atoms with van der Waals surface area (Å²) in [5.41, 5.74) is 1.10. The average Bonchev–Trinajstić information content (AvgIpc) is 2.77. The number of carbonyl (C=O) groups is 2. The highest BCUT2D eigenvalue weighted by molar-refractivity contribution is 7.89. The van der Waals surface area contributed by atoms with E-state index in [4.69, 9.17) is 4.74 Å². The van der Waals surface area contributed by atoms with Gasteiger partial charge in [0, 0.05) is 18.8 Å². The van der Waals surface area contributed by atoms with Crippen LogP contribution in [0.4, 0.5) is 15.8 Å². The maximum atomic E-state index is 13.8. The molecule has 2 amide bonds. The monoisotopic (exact) mass is 461 g/mol. The first kappa shape index (κ1) is 22.2. The smallest absolute Gasteiger partial charge is 0.265 e. The Hall–Kier alpha value is -2.98. The fourth-order valence-electron chi connectivity index (χ4n) is 3.79. The normalized spacial score (nSPS) is 21.3. The molecule has 10 heteroatoms. The van der Waals surface area contributed by atoms with Gasteiger partial charge < -0.3 is 15.4 Å². The number of fused-ring (bicyclic) bond motifs is 1. The number of sulfonamides is 1. The van der Waals surface area contributed by atoms with Crippen LogP contribution in [0.25, 0.3) is 0 Å². The number of amides is 2. The van der Waals surface area contributed by atoms with E-state index in [1.54, 1.807) is 26.0 Å². The van der Waals surface area contributed by atoms with Gasteiger partial charge in [0.1, 0.15) is 11.6 Å². The van der Waals surface area contributed by atoms with Crippen molar-refractivity contribution in [2.24, 2.45) is 5.92 Å². The number of nitrogens with one attached hydrogen (secondary N) is 2. The lowest BCUT2D eigenvalue weighted by Crippen LogP contribution is -2.43. The van der Waals surface area contributed by atoms with Crippen LogP contribution in [0.2, 0.25) is 0 Å². The molecule has 0 bridgehead atoms. The molecule has 2 aliphatic heterocycles. The van der Waals surface area contributed by atoms with Crippen LogP contribution in [0.15, 0.2) is 41.3 Å². The van der Waals surface area contributed by atoms with Gasteiger partial charge in [-0.15, -0.1) is 0 Å². The Bertz CT molecular complexity index is 1180. The SMILES string of the molecule is Cc1ccc(NC(=O)[C@H]2CCCN(S(=O)(=O)c3ccc4c(c3)NC(=O)[C@H](C)O4)C2)cc1F. The molecule has 0 aromatic heterocycles. The number of carbonyl (C=O) groups excluding carboxylic acids is 2. The summed E-state index contributed by atoms with van der Waals surface area (Å²) in [5.74, 6) is -1.29. The van der Waals surface area contributed by atoms with Gasteiger partial charge in [-0.3, -0.25) is 9.59 Å². The molecule has 170 valence electrons. The van der Waals surface area contributed by atoms with Crippen LogP contribution in [0, 0.1) is 18.7 Å². The lowest BCUT2D eigenvalue weighted by atomic mass is 9.98. The minimum Gasteiger partial charge on any atom is -0.479 e. The molecule has 0 saturated carbocycles. The number of rotatable bonds is 4. The molecule has 2 aromatic rings. The Kier molecular flexibility index (Phi) is 5.91. The minimum atomic E-state index is -3.89. The Labute approximate surface area is 185 Å². The van der Waals surface area contributed by atoms with E-state index in [2.05, 4.69) is 10.6 Å². The van der Waals surface area contributed by atoms with Crippen molar-refractivity contribution in [1.29, 1.82) is 0 Å². The number of benzene rings is 2. The summed E-state index contributed by atoms with van der Waals surface area (Å²) < 4.78 is 47.0. The van der Waals surface area contributed by atoms with Crippen molar-refractivity contribution in [3.63, 3.8) is 0 Å². The first-order valence-electron chi connectivity index (χ1n) is 10.3. The number of aryl methyl sites for hydroxylation is 1. The van der Waals surface area contributed by atoms with Gasteiger partial charge >= 0.3 is 0 Å². The van der Waals surface area contributed by atoms with Crippen molar-refractivity contribution in [2.45, 2.75) is 37.7 Å². The zero-order chi connectivity index (χ0) is 23.0. The molecule has 2 aliphatic rings. The molecule has 2 N–H and O–H groups in total. The molecule has 1 fully saturated rings. The molecule has 2 heterocycles. The molecular weight excluding hydrogens is 437 g/mol. The second-order valence-electron chi connectivity index (χ2n) is 8.06. The summed E-state index contributed by atoms with van der Waals surface area (Å²) in [5, 5.41) is 5.32. The molecule has 32 heavy (non-hydrogen) atoms. The van der Waals surface area contributed by atoms with E-state index >= 15 is 0 Å². The number of hydrogen-bond acceptors (Lipinski definition) is 5. The molecule has 0 radical (unpaired) electrons. The van der Waals surface area contributed by atoms with Gasteiger partial charge in [0.15, 0.2) is 6.10 Å². The standard InChI is InChI=1S/C22H24FN3O5S/c1-13-5-6-16(10-18(13)23)24-22(28)15-4-3-9-26(12-15)32(29,30)17-7-8-20-19(11-17)25-21(27)14(2)31-20/h5-8,10-11,14-15H,3-4,9,12H2,1-2H3,(H,24,28)(H,25,27)/t14-,15-/m0/s1. The van der Waals surface area contributed by atoms with Gasteiger partial charge in [0.2, 0.25) is 15.9 Å². The minimum absolute atomic E-state index is 0.0105. The van der Waals surface area contributed by atoms with E-state index in [0.29, 0.717) is 35.5 Å². The third-order valence-corrected chi connectivity index (χ3v) is 7.58. The van der Waals surface area contributed by atoms with Crippen molar-refractivity contribution >= 4 is 33.2 Å². The van der Waals surface area contributed by atoms with Gasteiger partial charge in [-0.1, -0.05) is 6.07 Å². The highest BCUT2D eigenvalue weighted by Crippen LogP contribution is 2.33. The fourth-order valence-corrected chi connectivity index (χ4v) is 5.34. The summed E-state index contributed by atoms with van der Waals surface area (Å²) in [7, 11) is -3.89. The van der Waals surface area contributed by atoms with Crippen LogP contribution in [0.1, 0.15) is 25.3 Å². The Balaban J connectivity index is 1.50. The van der Waals surface area contributed by atoms with Crippen LogP contribution in [0.3, 0.4) is 0 Å².